The van der Waals surface area contributed by atoms with Crippen LogP contribution in [0.5, 0.6) is 0 Å². The van der Waals surface area contributed by atoms with Gasteiger partial charge in [-0.1, -0.05) is 19.1 Å². The number of carbonyl (C=O) groups excluding carboxylic acids is 1. The maximum Gasteiger partial charge on any atom is 0.293 e. The molecular weight excluding hydrogens is 240 g/mol. The van der Waals surface area contributed by atoms with Crippen molar-refractivity contribution in [1.82, 2.24) is 0 Å². The highest BCUT2D eigenvalue weighted by molar-refractivity contribution is 6.03. The summed E-state index contributed by atoms with van der Waals surface area (Å²) >= 11 is 0. The standard InChI is InChI=1S/C15H18N2O2/c1-3-13-8-9-14(19-13)15(18)17(2)12-6-4-11(10-16)5-7-12/h4-9H,3,10,16H2,1-2H3. The van der Waals surface area contributed by atoms with Crippen LogP contribution < -0.4 is 10.6 Å². The quantitative estimate of drug-likeness (QED) is 0.917. The minimum Gasteiger partial charge on any atom is -0.456 e. The molecule has 19 heavy (non-hydrogen) atoms. The van der Waals surface area contributed by atoms with Gasteiger partial charge in [0.05, 0.1) is 0 Å². The molecule has 0 aliphatic rings. The average Bonchev–Trinajstić information content (AvgIpc) is 2.94. The molecule has 0 radical (unpaired) electrons. The zero-order valence-electron chi connectivity index (χ0n) is 11.2. The predicted molar refractivity (Wildman–Crippen MR) is 75.2 cm³/mol. The van der Waals surface area contributed by atoms with Gasteiger partial charge in [-0.15, -0.1) is 0 Å². The highest BCUT2D eigenvalue weighted by atomic mass is 16.4. The van der Waals surface area contributed by atoms with E-state index in [9.17, 15) is 4.79 Å². The van der Waals surface area contributed by atoms with Crippen molar-refractivity contribution in [2.45, 2.75) is 19.9 Å². The summed E-state index contributed by atoms with van der Waals surface area (Å²) in [5, 5.41) is 0. The lowest BCUT2D eigenvalue weighted by Gasteiger charge is -2.16. The molecular formula is C15H18N2O2. The Morgan fingerprint density at radius 2 is 1.89 bits per heavy atom. The molecule has 1 aromatic heterocycles. The summed E-state index contributed by atoms with van der Waals surface area (Å²) in [6.45, 7) is 2.48. The van der Waals surface area contributed by atoms with Gasteiger partial charge in [0.25, 0.3) is 5.91 Å². The average molecular weight is 258 g/mol. The van der Waals surface area contributed by atoms with Crippen LogP contribution >= 0.6 is 0 Å². The molecule has 4 nitrogen and oxygen atoms in total. The Balaban J connectivity index is 2.17. The topological polar surface area (TPSA) is 59.5 Å². The SMILES string of the molecule is CCc1ccc(C(=O)N(C)c2ccc(CN)cc2)o1. The second-order valence-corrected chi connectivity index (χ2v) is 4.35. The minimum atomic E-state index is -0.153. The van der Waals surface area contributed by atoms with Gasteiger partial charge in [-0.3, -0.25) is 4.79 Å². The van der Waals surface area contributed by atoms with Gasteiger partial charge in [-0.25, -0.2) is 0 Å². The fourth-order valence-corrected chi connectivity index (χ4v) is 1.82. The van der Waals surface area contributed by atoms with E-state index in [2.05, 4.69) is 0 Å². The maximum atomic E-state index is 12.2. The fraction of sp³-hybridized carbons (Fsp3) is 0.267. The van der Waals surface area contributed by atoms with Crippen molar-refractivity contribution in [3.8, 4) is 0 Å². The number of carbonyl (C=O) groups is 1. The molecule has 0 saturated carbocycles. The molecule has 0 saturated heterocycles. The van der Waals surface area contributed by atoms with Gasteiger partial charge in [-0.05, 0) is 29.8 Å². The van der Waals surface area contributed by atoms with Crippen molar-refractivity contribution in [2.24, 2.45) is 5.73 Å². The molecule has 0 bridgehead atoms. The predicted octanol–water partition coefficient (Wildman–Crippen LogP) is 2.58. The zero-order valence-corrected chi connectivity index (χ0v) is 11.2. The van der Waals surface area contributed by atoms with Crippen LogP contribution in [0, 0.1) is 0 Å². The van der Waals surface area contributed by atoms with Crippen LogP contribution in [-0.2, 0) is 13.0 Å². The Bertz CT molecular complexity index is 558. The molecule has 1 aromatic carbocycles. The van der Waals surface area contributed by atoms with E-state index in [0.29, 0.717) is 12.3 Å². The number of hydrogen-bond acceptors (Lipinski definition) is 3. The number of anilines is 1. The van der Waals surface area contributed by atoms with Crippen molar-refractivity contribution < 1.29 is 9.21 Å². The summed E-state index contributed by atoms with van der Waals surface area (Å²) in [6, 6.07) is 11.1. The van der Waals surface area contributed by atoms with Gasteiger partial charge in [0.2, 0.25) is 0 Å². The van der Waals surface area contributed by atoms with E-state index in [0.717, 1.165) is 23.4 Å². The number of furan rings is 1. The fourth-order valence-electron chi connectivity index (χ4n) is 1.82. The third-order valence-corrected chi connectivity index (χ3v) is 3.08. The highest BCUT2D eigenvalue weighted by Gasteiger charge is 2.16. The van der Waals surface area contributed by atoms with Gasteiger partial charge >= 0.3 is 0 Å². The number of nitrogens with zero attached hydrogens (tertiary/aromatic N) is 1. The van der Waals surface area contributed by atoms with Gasteiger partial charge in [0, 0.05) is 25.7 Å². The molecule has 0 aliphatic heterocycles. The van der Waals surface area contributed by atoms with Gasteiger partial charge < -0.3 is 15.1 Å². The third-order valence-electron chi connectivity index (χ3n) is 3.08. The van der Waals surface area contributed by atoms with E-state index in [4.69, 9.17) is 10.2 Å². The van der Waals surface area contributed by atoms with E-state index >= 15 is 0 Å². The molecule has 0 aliphatic carbocycles. The van der Waals surface area contributed by atoms with Crippen molar-refractivity contribution in [2.75, 3.05) is 11.9 Å². The summed E-state index contributed by atoms with van der Waals surface area (Å²) in [6.07, 6.45) is 0.780. The van der Waals surface area contributed by atoms with Crippen molar-refractivity contribution >= 4 is 11.6 Å². The molecule has 0 fully saturated rings. The van der Waals surface area contributed by atoms with Gasteiger partial charge in [0.1, 0.15) is 5.76 Å². The molecule has 0 unspecified atom stereocenters. The molecule has 2 aromatic rings. The Kier molecular flexibility index (Phi) is 4.02. The normalized spacial score (nSPS) is 10.5. The molecule has 2 N–H and O–H groups in total. The summed E-state index contributed by atoms with van der Waals surface area (Å²) in [5.41, 5.74) is 7.40. The first-order valence-electron chi connectivity index (χ1n) is 6.31. The Morgan fingerprint density at radius 1 is 1.21 bits per heavy atom. The van der Waals surface area contributed by atoms with E-state index < -0.39 is 0 Å². The van der Waals surface area contributed by atoms with Crippen molar-refractivity contribution in [3.05, 3.63) is 53.5 Å². The molecule has 4 heteroatoms. The number of benzene rings is 1. The van der Waals surface area contributed by atoms with Crippen molar-refractivity contribution in [1.29, 1.82) is 0 Å². The molecule has 1 amide bonds. The molecule has 0 atom stereocenters. The van der Waals surface area contributed by atoms with Gasteiger partial charge in [0.15, 0.2) is 5.76 Å². The molecule has 2 rings (SSSR count). The first kappa shape index (κ1) is 13.4. The second-order valence-electron chi connectivity index (χ2n) is 4.35. The first-order valence-corrected chi connectivity index (χ1v) is 6.31. The van der Waals surface area contributed by atoms with Crippen LogP contribution in [0.15, 0.2) is 40.8 Å². The summed E-state index contributed by atoms with van der Waals surface area (Å²) < 4.78 is 5.47. The van der Waals surface area contributed by atoms with E-state index in [-0.39, 0.29) is 5.91 Å². The largest absolute Gasteiger partial charge is 0.456 e. The number of nitrogens with two attached hydrogens (primary N) is 1. The smallest absolute Gasteiger partial charge is 0.293 e. The lowest BCUT2D eigenvalue weighted by atomic mass is 10.2. The summed E-state index contributed by atoms with van der Waals surface area (Å²) in [5.74, 6) is 1.03. The maximum absolute atomic E-state index is 12.2. The van der Waals surface area contributed by atoms with Crippen LogP contribution in [0.2, 0.25) is 0 Å². The molecule has 1 heterocycles. The van der Waals surface area contributed by atoms with Crippen LogP contribution in [0.3, 0.4) is 0 Å². The monoisotopic (exact) mass is 258 g/mol. The Labute approximate surface area is 112 Å². The zero-order chi connectivity index (χ0) is 13.8. The molecule has 100 valence electrons. The molecule has 0 spiro atoms. The van der Waals surface area contributed by atoms with Crippen LogP contribution in [0.4, 0.5) is 5.69 Å². The van der Waals surface area contributed by atoms with Crippen LogP contribution in [0.1, 0.15) is 28.8 Å². The number of hydrogen-bond donors (Lipinski definition) is 1. The van der Waals surface area contributed by atoms with Crippen LogP contribution in [0.25, 0.3) is 0 Å². The van der Waals surface area contributed by atoms with Crippen LogP contribution in [-0.4, -0.2) is 13.0 Å². The number of aryl methyl sites for hydroxylation is 1. The van der Waals surface area contributed by atoms with Crippen molar-refractivity contribution in [3.63, 3.8) is 0 Å². The minimum absolute atomic E-state index is 0.153. The van der Waals surface area contributed by atoms with E-state index in [1.54, 1.807) is 18.0 Å². The number of amides is 1. The summed E-state index contributed by atoms with van der Waals surface area (Å²) in [4.78, 5) is 13.8. The Morgan fingerprint density at radius 3 is 2.42 bits per heavy atom. The van der Waals surface area contributed by atoms with Gasteiger partial charge in [-0.2, -0.15) is 0 Å². The summed E-state index contributed by atoms with van der Waals surface area (Å²) in [7, 11) is 1.73. The van der Waals surface area contributed by atoms with E-state index in [1.165, 1.54) is 0 Å². The third kappa shape index (κ3) is 2.85. The first-order chi connectivity index (χ1) is 9.15. The Hall–Kier alpha value is -2.07. The lowest BCUT2D eigenvalue weighted by molar-refractivity contribution is 0.0965. The number of rotatable bonds is 4. The lowest BCUT2D eigenvalue weighted by Crippen LogP contribution is -2.25. The highest BCUT2D eigenvalue weighted by Crippen LogP contribution is 2.18. The van der Waals surface area contributed by atoms with E-state index in [1.807, 2.05) is 37.3 Å². The second kappa shape index (κ2) is 5.71.